The largest absolute Gasteiger partial charge is 0.480 e. The van der Waals surface area contributed by atoms with Crippen LogP contribution in [0.3, 0.4) is 0 Å². The lowest BCUT2D eigenvalue weighted by Crippen LogP contribution is -2.38. The molecule has 1 aromatic heterocycles. The van der Waals surface area contributed by atoms with Crippen LogP contribution in [0.2, 0.25) is 0 Å². The van der Waals surface area contributed by atoms with Crippen molar-refractivity contribution >= 4 is 28.4 Å². The zero-order valence-corrected chi connectivity index (χ0v) is 8.78. The Balaban J connectivity index is 2.32. The Bertz CT molecular complexity index is 414. The summed E-state index contributed by atoms with van der Waals surface area (Å²) >= 11 is 1.37. The molecule has 0 aliphatic carbocycles. The Hall–Kier alpha value is -1.56. The van der Waals surface area contributed by atoms with E-state index in [4.69, 9.17) is 9.84 Å². The molecule has 0 spiro atoms. The second-order valence-corrected chi connectivity index (χ2v) is 4.45. The molecular formula is C9H9NO4S. The van der Waals surface area contributed by atoms with Gasteiger partial charge >= 0.3 is 12.1 Å². The van der Waals surface area contributed by atoms with Crippen LogP contribution in [0.25, 0.3) is 0 Å². The van der Waals surface area contributed by atoms with Gasteiger partial charge in [0.15, 0.2) is 6.04 Å². The first-order valence-electron chi connectivity index (χ1n) is 4.35. The highest BCUT2D eigenvalue weighted by Gasteiger charge is 2.39. The zero-order valence-electron chi connectivity index (χ0n) is 7.97. The summed E-state index contributed by atoms with van der Waals surface area (Å²) in [4.78, 5) is 24.4. The van der Waals surface area contributed by atoms with Gasteiger partial charge in [0.1, 0.15) is 11.6 Å². The zero-order chi connectivity index (χ0) is 11.0. The van der Waals surface area contributed by atoms with Crippen LogP contribution in [0.15, 0.2) is 12.1 Å². The van der Waals surface area contributed by atoms with Crippen LogP contribution in [0.5, 0.6) is 0 Å². The van der Waals surface area contributed by atoms with E-state index < -0.39 is 18.1 Å². The van der Waals surface area contributed by atoms with Gasteiger partial charge in [-0.1, -0.05) is 0 Å². The van der Waals surface area contributed by atoms with E-state index in [-0.39, 0.29) is 6.61 Å². The van der Waals surface area contributed by atoms with E-state index in [9.17, 15) is 9.59 Å². The van der Waals surface area contributed by atoms with E-state index >= 15 is 0 Å². The summed E-state index contributed by atoms with van der Waals surface area (Å²) in [5.74, 6) is -1.05. The summed E-state index contributed by atoms with van der Waals surface area (Å²) in [6.45, 7) is 1.80. The molecule has 5 nitrogen and oxygen atoms in total. The molecule has 0 radical (unpaired) electrons. The van der Waals surface area contributed by atoms with Gasteiger partial charge < -0.3 is 9.84 Å². The van der Waals surface area contributed by atoms with E-state index in [0.29, 0.717) is 5.00 Å². The van der Waals surface area contributed by atoms with Gasteiger partial charge in [-0.2, -0.15) is 0 Å². The van der Waals surface area contributed by atoms with Crippen molar-refractivity contribution in [1.29, 1.82) is 0 Å². The van der Waals surface area contributed by atoms with Crippen LogP contribution in [0.1, 0.15) is 4.88 Å². The molecule has 1 aliphatic heterocycles. The predicted octanol–water partition coefficient (Wildman–Crippen LogP) is 1.47. The molecule has 0 aromatic carbocycles. The Morgan fingerprint density at radius 2 is 2.40 bits per heavy atom. The average molecular weight is 227 g/mol. The summed E-state index contributed by atoms with van der Waals surface area (Å²) in [6.07, 6.45) is -0.593. The maximum atomic E-state index is 11.3. The molecule has 1 aliphatic rings. The fourth-order valence-electron chi connectivity index (χ4n) is 1.40. The first-order chi connectivity index (χ1) is 7.09. The van der Waals surface area contributed by atoms with Crippen LogP contribution in [0, 0.1) is 6.92 Å². The van der Waals surface area contributed by atoms with Gasteiger partial charge in [-0.3, -0.25) is 4.90 Å². The Labute approximate surface area is 89.9 Å². The van der Waals surface area contributed by atoms with Crippen molar-refractivity contribution in [1.82, 2.24) is 0 Å². The minimum Gasteiger partial charge on any atom is -0.480 e. The Morgan fingerprint density at radius 1 is 1.67 bits per heavy atom. The van der Waals surface area contributed by atoms with Crippen molar-refractivity contribution in [2.75, 3.05) is 11.5 Å². The molecule has 1 atom stereocenters. The number of nitrogens with zero attached hydrogens (tertiary/aromatic N) is 1. The summed E-state index contributed by atoms with van der Waals surface area (Å²) in [7, 11) is 0. The van der Waals surface area contributed by atoms with E-state index in [1.54, 1.807) is 6.07 Å². The third-order valence-electron chi connectivity index (χ3n) is 2.12. The van der Waals surface area contributed by atoms with E-state index in [0.717, 1.165) is 4.88 Å². The number of carboxylic acids is 1. The molecule has 0 bridgehead atoms. The first-order valence-corrected chi connectivity index (χ1v) is 5.16. The molecule has 0 saturated carbocycles. The number of aryl methyl sites for hydroxylation is 1. The van der Waals surface area contributed by atoms with E-state index in [1.807, 2.05) is 13.0 Å². The summed E-state index contributed by atoms with van der Waals surface area (Å²) in [5.41, 5.74) is 0. The third kappa shape index (κ3) is 1.68. The lowest BCUT2D eigenvalue weighted by molar-refractivity contribution is -0.138. The van der Waals surface area contributed by atoms with Gasteiger partial charge in [-0.15, -0.1) is 11.3 Å². The minimum atomic E-state index is -1.05. The van der Waals surface area contributed by atoms with Gasteiger partial charge in [0.25, 0.3) is 0 Å². The maximum absolute atomic E-state index is 11.3. The van der Waals surface area contributed by atoms with Crippen molar-refractivity contribution < 1.29 is 19.4 Å². The second kappa shape index (κ2) is 3.54. The van der Waals surface area contributed by atoms with Crippen LogP contribution in [0.4, 0.5) is 9.80 Å². The van der Waals surface area contributed by atoms with Crippen molar-refractivity contribution in [2.45, 2.75) is 13.0 Å². The number of aliphatic carboxylic acids is 1. The lowest BCUT2D eigenvalue weighted by Gasteiger charge is -2.15. The molecule has 15 heavy (non-hydrogen) atoms. The van der Waals surface area contributed by atoms with Gasteiger partial charge in [0.2, 0.25) is 0 Å². The summed E-state index contributed by atoms with van der Waals surface area (Å²) in [5, 5.41) is 9.51. The lowest BCUT2D eigenvalue weighted by atomic mass is 10.3. The SMILES string of the molecule is Cc1ccc(N2C(=O)OCC2C(=O)O)s1. The topological polar surface area (TPSA) is 66.8 Å². The van der Waals surface area contributed by atoms with Crippen molar-refractivity contribution in [3.63, 3.8) is 0 Å². The third-order valence-corrected chi connectivity index (χ3v) is 3.12. The van der Waals surface area contributed by atoms with Gasteiger partial charge in [0, 0.05) is 4.88 Å². The second-order valence-electron chi connectivity index (χ2n) is 3.19. The molecule has 1 saturated heterocycles. The smallest absolute Gasteiger partial charge is 0.415 e. The molecule has 1 unspecified atom stereocenters. The van der Waals surface area contributed by atoms with Crippen LogP contribution in [-0.4, -0.2) is 29.8 Å². The number of thiophene rings is 1. The molecule has 1 N–H and O–H groups in total. The molecule has 80 valence electrons. The number of carboxylic acid groups (broad SMARTS) is 1. The van der Waals surface area contributed by atoms with Crippen LogP contribution in [-0.2, 0) is 9.53 Å². The van der Waals surface area contributed by atoms with Crippen molar-refractivity contribution in [3.05, 3.63) is 17.0 Å². The standard InChI is InChI=1S/C9H9NO4S/c1-5-2-3-7(15-5)10-6(8(11)12)4-14-9(10)13/h2-3,6H,4H2,1H3,(H,11,12). The summed E-state index contributed by atoms with van der Waals surface area (Å²) < 4.78 is 4.72. The van der Waals surface area contributed by atoms with Gasteiger partial charge in [-0.25, -0.2) is 9.59 Å². The number of cyclic esters (lactones) is 1. The fourth-order valence-corrected chi connectivity index (χ4v) is 2.30. The number of carbonyl (C=O) groups is 2. The molecular weight excluding hydrogens is 218 g/mol. The van der Waals surface area contributed by atoms with Crippen LogP contribution < -0.4 is 4.90 Å². The maximum Gasteiger partial charge on any atom is 0.415 e. The predicted molar refractivity (Wildman–Crippen MR) is 54.3 cm³/mol. The quantitative estimate of drug-likeness (QED) is 0.830. The van der Waals surface area contributed by atoms with Crippen molar-refractivity contribution in [2.24, 2.45) is 0 Å². The van der Waals surface area contributed by atoms with Crippen molar-refractivity contribution in [3.8, 4) is 0 Å². The summed E-state index contributed by atoms with van der Waals surface area (Å²) in [6, 6.07) is 2.66. The minimum absolute atomic E-state index is 0.0921. The first kappa shape index (κ1) is 9.97. The Morgan fingerprint density at radius 3 is 2.93 bits per heavy atom. The molecule has 6 heteroatoms. The van der Waals surface area contributed by atoms with Crippen LogP contribution >= 0.6 is 11.3 Å². The van der Waals surface area contributed by atoms with Gasteiger partial charge in [0.05, 0.1) is 0 Å². The van der Waals surface area contributed by atoms with E-state index in [1.165, 1.54) is 16.2 Å². The number of hydrogen-bond acceptors (Lipinski definition) is 4. The molecule has 1 amide bonds. The number of ether oxygens (including phenoxy) is 1. The molecule has 1 fully saturated rings. The fraction of sp³-hybridized carbons (Fsp3) is 0.333. The normalized spacial score (nSPS) is 20.5. The number of anilines is 1. The number of rotatable bonds is 2. The van der Waals surface area contributed by atoms with E-state index in [2.05, 4.69) is 0 Å². The highest BCUT2D eigenvalue weighted by atomic mass is 32.1. The number of carbonyl (C=O) groups excluding carboxylic acids is 1. The number of hydrogen-bond donors (Lipinski definition) is 1. The monoisotopic (exact) mass is 227 g/mol. The highest BCUT2D eigenvalue weighted by molar-refractivity contribution is 7.16. The number of amides is 1. The Kier molecular flexibility index (Phi) is 2.36. The molecule has 1 aromatic rings. The molecule has 2 heterocycles. The highest BCUT2D eigenvalue weighted by Crippen LogP contribution is 2.30. The average Bonchev–Trinajstić information content (AvgIpc) is 2.71. The van der Waals surface area contributed by atoms with Gasteiger partial charge in [-0.05, 0) is 19.1 Å². The molecule has 2 rings (SSSR count).